The second-order valence-corrected chi connectivity index (χ2v) is 4.99. The van der Waals surface area contributed by atoms with E-state index in [1.165, 1.54) is 6.26 Å². The van der Waals surface area contributed by atoms with Crippen LogP contribution in [0.2, 0.25) is 0 Å². The molecule has 0 aliphatic heterocycles. The predicted octanol–water partition coefficient (Wildman–Crippen LogP) is 0.982. The highest BCUT2D eigenvalue weighted by atomic mass is 32.2. The number of aryl methyl sites for hydroxylation is 1. The first-order chi connectivity index (χ1) is 6.95. The van der Waals surface area contributed by atoms with Crippen LogP contribution >= 0.6 is 0 Å². The van der Waals surface area contributed by atoms with E-state index in [0.29, 0.717) is 4.90 Å². The molecule has 0 saturated heterocycles. The molecule has 4 nitrogen and oxygen atoms in total. The molecule has 6 heteroatoms. The Balaban J connectivity index is 0.000000583. The quantitative estimate of drug-likeness (QED) is 0.782. The first kappa shape index (κ1) is 14.0. The zero-order valence-corrected chi connectivity index (χ0v) is 10.1. The zero-order valence-electron chi connectivity index (χ0n) is 8.47. The minimum absolute atomic E-state index is 0.404. The van der Waals surface area contributed by atoms with Gasteiger partial charge in [-0.3, -0.25) is 0 Å². The molecule has 0 aliphatic carbocycles. The van der Waals surface area contributed by atoms with Crippen molar-refractivity contribution < 1.29 is 16.8 Å². The molecule has 0 aliphatic rings. The lowest BCUT2D eigenvalue weighted by Gasteiger charge is -2.00. The molecule has 15 heavy (non-hydrogen) atoms. The van der Waals surface area contributed by atoms with Crippen LogP contribution in [0.1, 0.15) is 12.5 Å². The monoisotopic (exact) mass is 248 g/mol. The maximum absolute atomic E-state index is 11.1. The molecule has 1 aromatic rings. The van der Waals surface area contributed by atoms with E-state index in [-0.39, 0.29) is 0 Å². The average molecular weight is 248 g/mol. The lowest BCUT2D eigenvalue weighted by molar-refractivity contribution is 0.601. The molecule has 0 saturated carbocycles. The van der Waals surface area contributed by atoms with E-state index in [2.05, 4.69) is 0 Å². The highest BCUT2D eigenvalue weighted by Gasteiger charge is 2.05. The summed E-state index contributed by atoms with van der Waals surface area (Å²) in [5, 5.41) is 0. The zero-order chi connectivity index (χ0) is 11.9. The van der Waals surface area contributed by atoms with Gasteiger partial charge in [0.05, 0.1) is 4.90 Å². The SMILES string of the molecule is CCc1cccc(S(C)(=O)=O)c1.O=S=O. The van der Waals surface area contributed by atoms with Crippen molar-refractivity contribution in [1.82, 2.24) is 0 Å². The largest absolute Gasteiger partial charge is 0.335 e. The van der Waals surface area contributed by atoms with E-state index in [1.54, 1.807) is 18.2 Å². The Kier molecular flexibility index (Phi) is 6.03. The van der Waals surface area contributed by atoms with Gasteiger partial charge in [0, 0.05) is 6.26 Å². The molecular weight excluding hydrogens is 236 g/mol. The maximum Gasteiger partial charge on any atom is 0.335 e. The van der Waals surface area contributed by atoms with Gasteiger partial charge >= 0.3 is 11.6 Å². The molecule has 0 amide bonds. The molecule has 0 radical (unpaired) electrons. The van der Waals surface area contributed by atoms with Gasteiger partial charge in [0.15, 0.2) is 9.84 Å². The third-order valence-corrected chi connectivity index (χ3v) is 2.85. The summed E-state index contributed by atoms with van der Waals surface area (Å²) in [5.74, 6) is 0. The molecule has 84 valence electrons. The lowest BCUT2D eigenvalue weighted by atomic mass is 10.2. The molecular formula is C9H12O4S2. The lowest BCUT2D eigenvalue weighted by Crippen LogP contribution is -1.97. The second kappa shape index (κ2) is 6.47. The minimum Gasteiger partial charge on any atom is -0.224 e. The van der Waals surface area contributed by atoms with Gasteiger partial charge in [-0.2, -0.15) is 8.42 Å². The number of benzene rings is 1. The summed E-state index contributed by atoms with van der Waals surface area (Å²) in [4.78, 5) is 0.404. The normalized spacial score (nSPS) is 10.0. The van der Waals surface area contributed by atoms with Crippen molar-refractivity contribution in [2.75, 3.05) is 6.26 Å². The van der Waals surface area contributed by atoms with Crippen molar-refractivity contribution in [2.24, 2.45) is 0 Å². The van der Waals surface area contributed by atoms with Crippen LogP contribution in [0.4, 0.5) is 0 Å². The molecule has 0 atom stereocenters. The van der Waals surface area contributed by atoms with E-state index < -0.39 is 21.4 Å². The van der Waals surface area contributed by atoms with Crippen molar-refractivity contribution in [2.45, 2.75) is 18.2 Å². The Bertz CT molecular complexity index is 445. The van der Waals surface area contributed by atoms with E-state index in [4.69, 9.17) is 8.42 Å². The highest BCUT2D eigenvalue weighted by Crippen LogP contribution is 2.11. The molecule has 0 aromatic heterocycles. The van der Waals surface area contributed by atoms with Crippen LogP contribution in [0.25, 0.3) is 0 Å². The van der Waals surface area contributed by atoms with Crippen LogP contribution in [0, 0.1) is 0 Å². The Morgan fingerprint density at radius 3 is 2.20 bits per heavy atom. The van der Waals surface area contributed by atoms with Crippen LogP contribution in [0.15, 0.2) is 29.2 Å². The summed E-state index contributed by atoms with van der Waals surface area (Å²) in [7, 11) is -3.04. The van der Waals surface area contributed by atoms with Gasteiger partial charge in [0.25, 0.3) is 0 Å². The summed E-state index contributed by atoms with van der Waals surface area (Å²) >= 11 is -0.750. The van der Waals surface area contributed by atoms with Crippen molar-refractivity contribution in [3.63, 3.8) is 0 Å². The van der Waals surface area contributed by atoms with Crippen LogP contribution in [-0.4, -0.2) is 23.1 Å². The topological polar surface area (TPSA) is 68.3 Å². The van der Waals surface area contributed by atoms with Crippen molar-refractivity contribution in [3.8, 4) is 0 Å². The predicted molar refractivity (Wildman–Crippen MR) is 57.8 cm³/mol. The average Bonchev–Trinajstić information content (AvgIpc) is 2.18. The van der Waals surface area contributed by atoms with Crippen molar-refractivity contribution in [3.05, 3.63) is 29.8 Å². The fourth-order valence-electron chi connectivity index (χ4n) is 0.996. The fraction of sp³-hybridized carbons (Fsp3) is 0.333. The Morgan fingerprint density at radius 1 is 1.27 bits per heavy atom. The molecule has 0 spiro atoms. The number of sulfone groups is 1. The summed E-state index contributed by atoms with van der Waals surface area (Å²) < 4.78 is 38.8. The summed E-state index contributed by atoms with van der Waals surface area (Å²) in [6.45, 7) is 2.00. The van der Waals surface area contributed by atoms with Crippen LogP contribution in [0.5, 0.6) is 0 Å². The van der Waals surface area contributed by atoms with Gasteiger partial charge in [-0.25, -0.2) is 8.42 Å². The summed E-state index contributed by atoms with van der Waals surface area (Å²) in [6, 6.07) is 7.04. The van der Waals surface area contributed by atoms with Crippen LogP contribution in [0.3, 0.4) is 0 Å². The number of hydrogen-bond donors (Lipinski definition) is 0. The smallest absolute Gasteiger partial charge is 0.224 e. The standard InChI is InChI=1S/C9H12O2S.O2S/c1-3-8-5-4-6-9(7-8)12(2,10)11;1-3-2/h4-7H,3H2,1-2H3;. The first-order valence-electron chi connectivity index (χ1n) is 4.16. The van der Waals surface area contributed by atoms with E-state index in [9.17, 15) is 8.42 Å². The van der Waals surface area contributed by atoms with Gasteiger partial charge < -0.3 is 0 Å². The Morgan fingerprint density at radius 2 is 1.80 bits per heavy atom. The molecule has 0 unspecified atom stereocenters. The van der Waals surface area contributed by atoms with Crippen molar-refractivity contribution >= 4 is 21.4 Å². The summed E-state index contributed by atoms with van der Waals surface area (Å²) in [5.41, 5.74) is 1.05. The number of hydrogen-bond acceptors (Lipinski definition) is 4. The van der Waals surface area contributed by atoms with E-state index >= 15 is 0 Å². The molecule has 1 rings (SSSR count). The van der Waals surface area contributed by atoms with Gasteiger partial charge in [-0.1, -0.05) is 19.1 Å². The third kappa shape index (κ3) is 5.44. The van der Waals surface area contributed by atoms with Crippen LogP contribution in [-0.2, 0) is 27.8 Å². The van der Waals surface area contributed by atoms with E-state index in [1.807, 2.05) is 13.0 Å². The molecule has 0 fully saturated rings. The molecule has 0 heterocycles. The van der Waals surface area contributed by atoms with Gasteiger partial charge in [-0.05, 0) is 24.1 Å². The van der Waals surface area contributed by atoms with Gasteiger partial charge in [0.2, 0.25) is 0 Å². The molecule has 0 N–H and O–H groups in total. The van der Waals surface area contributed by atoms with Crippen LogP contribution < -0.4 is 0 Å². The third-order valence-electron chi connectivity index (χ3n) is 1.73. The molecule has 1 aromatic carbocycles. The number of rotatable bonds is 2. The van der Waals surface area contributed by atoms with Crippen molar-refractivity contribution in [1.29, 1.82) is 0 Å². The maximum atomic E-state index is 11.1. The minimum atomic E-state index is -3.04. The van der Waals surface area contributed by atoms with Gasteiger partial charge in [0.1, 0.15) is 0 Å². The fourth-order valence-corrected chi connectivity index (χ4v) is 1.69. The Labute approximate surface area is 92.8 Å². The second-order valence-electron chi connectivity index (χ2n) is 2.84. The van der Waals surface area contributed by atoms with E-state index in [0.717, 1.165) is 12.0 Å². The Hall–Kier alpha value is -1.01. The van der Waals surface area contributed by atoms with Gasteiger partial charge in [-0.15, -0.1) is 0 Å². The first-order valence-corrected chi connectivity index (χ1v) is 6.72. The summed E-state index contributed by atoms with van der Waals surface area (Å²) in [6.07, 6.45) is 2.09. The molecule has 0 bridgehead atoms. The highest BCUT2D eigenvalue weighted by molar-refractivity contribution is 7.90.